The standard InChI is InChI=1S/C34H20S2/c1-2-10-21(11-3-1)31-23-12-4-6-14-25(23)32(26-15-7-5-13-24(26)31)22-18-19-30-28(20-22)33-27-16-8-9-17-29(27)35-34(33)36-30/h1-20H. The van der Waals surface area contributed by atoms with Gasteiger partial charge in [-0.15, -0.1) is 22.7 Å². The molecule has 0 spiro atoms. The third-order valence-corrected chi connectivity index (χ3v) is 9.73. The molecule has 0 bridgehead atoms. The molecule has 0 aliphatic heterocycles. The van der Waals surface area contributed by atoms with Crippen LogP contribution >= 0.6 is 22.7 Å². The van der Waals surface area contributed by atoms with E-state index in [9.17, 15) is 0 Å². The van der Waals surface area contributed by atoms with Gasteiger partial charge in [0.25, 0.3) is 0 Å². The average molecular weight is 493 g/mol. The van der Waals surface area contributed by atoms with Crippen LogP contribution in [0.4, 0.5) is 0 Å². The van der Waals surface area contributed by atoms with Crippen molar-refractivity contribution in [3.05, 3.63) is 121 Å². The third-order valence-electron chi connectivity index (χ3n) is 7.30. The molecule has 168 valence electrons. The van der Waals surface area contributed by atoms with Gasteiger partial charge in [0, 0.05) is 25.6 Å². The van der Waals surface area contributed by atoms with Crippen molar-refractivity contribution in [2.75, 3.05) is 0 Å². The van der Waals surface area contributed by atoms with E-state index in [0.717, 1.165) is 0 Å². The van der Waals surface area contributed by atoms with Crippen LogP contribution in [0.3, 0.4) is 0 Å². The Morgan fingerprint density at radius 3 is 1.50 bits per heavy atom. The average Bonchev–Trinajstić information content (AvgIpc) is 3.48. The van der Waals surface area contributed by atoms with Gasteiger partial charge in [0.15, 0.2) is 0 Å². The fourth-order valence-electron chi connectivity index (χ4n) is 5.77. The first-order chi connectivity index (χ1) is 17.9. The maximum atomic E-state index is 2.43. The second-order valence-electron chi connectivity index (χ2n) is 9.28. The van der Waals surface area contributed by atoms with Crippen molar-refractivity contribution >= 4 is 73.8 Å². The van der Waals surface area contributed by atoms with Crippen molar-refractivity contribution in [2.45, 2.75) is 0 Å². The van der Waals surface area contributed by atoms with Crippen molar-refractivity contribution in [3.8, 4) is 22.3 Å². The van der Waals surface area contributed by atoms with Gasteiger partial charge in [0.1, 0.15) is 0 Å². The van der Waals surface area contributed by atoms with Crippen LogP contribution in [0.25, 0.3) is 73.4 Å². The quantitative estimate of drug-likeness (QED) is 0.211. The third kappa shape index (κ3) is 2.86. The second kappa shape index (κ2) is 7.76. The predicted molar refractivity (Wildman–Crippen MR) is 161 cm³/mol. The van der Waals surface area contributed by atoms with Gasteiger partial charge >= 0.3 is 0 Å². The molecule has 0 aliphatic rings. The summed E-state index contributed by atoms with van der Waals surface area (Å²) in [5, 5.41) is 9.35. The molecule has 8 rings (SSSR count). The van der Waals surface area contributed by atoms with Gasteiger partial charge < -0.3 is 0 Å². The van der Waals surface area contributed by atoms with E-state index in [0.29, 0.717) is 0 Å². The highest BCUT2D eigenvalue weighted by Crippen LogP contribution is 2.47. The molecular formula is C34H20S2. The first-order valence-electron chi connectivity index (χ1n) is 12.2. The lowest BCUT2D eigenvalue weighted by Crippen LogP contribution is -1.90. The van der Waals surface area contributed by atoms with Crippen molar-refractivity contribution < 1.29 is 0 Å². The zero-order valence-corrected chi connectivity index (χ0v) is 21.0. The van der Waals surface area contributed by atoms with E-state index in [1.54, 1.807) is 0 Å². The fourth-order valence-corrected chi connectivity index (χ4v) is 8.36. The number of rotatable bonds is 2. The smallest absolute Gasteiger partial charge is 0.0890 e. The molecule has 2 heteroatoms. The number of benzene rings is 6. The Morgan fingerprint density at radius 1 is 0.361 bits per heavy atom. The summed E-state index contributed by atoms with van der Waals surface area (Å²) < 4.78 is 4.15. The van der Waals surface area contributed by atoms with E-state index in [1.165, 1.54) is 73.4 Å². The summed E-state index contributed by atoms with van der Waals surface area (Å²) >= 11 is 3.83. The zero-order chi connectivity index (χ0) is 23.6. The van der Waals surface area contributed by atoms with E-state index in [4.69, 9.17) is 0 Å². The highest BCUT2D eigenvalue weighted by Gasteiger charge is 2.18. The lowest BCUT2D eigenvalue weighted by atomic mass is 9.86. The van der Waals surface area contributed by atoms with Gasteiger partial charge in [-0.05, 0) is 62.0 Å². The number of hydrogen-bond acceptors (Lipinski definition) is 2. The van der Waals surface area contributed by atoms with E-state index in [2.05, 4.69) is 121 Å². The SMILES string of the molecule is c1ccc(-c2c3ccccc3c(-c3ccc4sc5sc6ccccc6c5c4c3)c3ccccc23)cc1. The molecule has 2 aromatic heterocycles. The Kier molecular flexibility index (Phi) is 4.36. The topological polar surface area (TPSA) is 0 Å². The normalized spacial score (nSPS) is 11.9. The summed E-state index contributed by atoms with van der Waals surface area (Å²) in [7, 11) is 0. The largest absolute Gasteiger partial charge is 0.124 e. The van der Waals surface area contributed by atoms with Crippen LogP contribution in [-0.2, 0) is 0 Å². The number of thiophene rings is 2. The summed E-state index contributed by atoms with van der Waals surface area (Å²) in [6, 6.07) is 44.5. The van der Waals surface area contributed by atoms with E-state index in [-0.39, 0.29) is 0 Å². The van der Waals surface area contributed by atoms with Gasteiger partial charge in [-0.2, -0.15) is 0 Å². The molecule has 2 heterocycles. The minimum atomic E-state index is 1.26. The van der Waals surface area contributed by atoms with Gasteiger partial charge in [0.2, 0.25) is 0 Å². The Labute approximate surface area is 216 Å². The zero-order valence-electron chi connectivity index (χ0n) is 19.4. The highest BCUT2D eigenvalue weighted by molar-refractivity contribution is 7.44. The van der Waals surface area contributed by atoms with Crippen molar-refractivity contribution in [2.24, 2.45) is 0 Å². The van der Waals surface area contributed by atoms with E-state index >= 15 is 0 Å². The molecule has 8 aromatic rings. The van der Waals surface area contributed by atoms with Crippen LogP contribution in [-0.4, -0.2) is 0 Å². The molecule has 36 heavy (non-hydrogen) atoms. The molecule has 0 fully saturated rings. The predicted octanol–water partition coefficient (Wildman–Crippen LogP) is 10.9. The van der Waals surface area contributed by atoms with Crippen LogP contribution in [0.5, 0.6) is 0 Å². The van der Waals surface area contributed by atoms with Gasteiger partial charge in [-0.3, -0.25) is 0 Å². The van der Waals surface area contributed by atoms with Crippen molar-refractivity contribution in [1.29, 1.82) is 0 Å². The molecular weight excluding hydrogens is 473 g/mol. The minimum Gasteiger partial charge on any atom is -0.124 e. The van der Waals surface area contributed by atoms with Crippen LogP contribution < -0.4 is 0 Å². The molecule has 0 nitrogen and oxygen atoms in total. The number of fused-ring (bicyclic) bond motifs is 7. The molecule has 0 saturated carbocycles. The van der Waals surface area contributed by atoms with E-state index < -0.39 is 0 Å². The molecule has 0 unspecified atom stereocenters. The monoisotopic (exact) mass is 492 g/mol. The molecule has 0 saturated heterocycles. The maximum Gasteiger partial charge on any atom is 0.0890 e. The highest BCUT2D eigenvalue weighted by atomic mass is 32.2. The first-order valence-corrected chi connectivity index (χ1v) is 13.8. The molecule has 6 aromatic carbocycles. The molecule has 0 aliphatic carbocycles. The van der Waals surface area contributed by atoms with Crippen LogP contribution in [0.15, 0.2) is 121 Å². The second-order valence-corrected chi connectivity index (χ2v) is 11.6. The maximum absolute atomic E-state index is 2.43. The summed E-state index contributed by atoms with van der Waals surface area (Å²) in [6.07, 6.45) is 0. The minimum absolute atomic E-state index is 1.26. The van der Waals surface area contributed by atoms with Crippen molar-refractivity contribution in [3.63, 3.8) is 0 Å². The summed E-state index contributed by atoms with van der Waals surface area (Å²) in [6.45, 7) is 0. The van der Waals surface area contributed by atoms with Crippen LogP contribution in [0, 0.1) is 0 Å². The molecule has 0 N–H and O–H groups in total. The van der Waals surface area contributed by atoms with Gasteiger partial charge in [-0.1, -0.05) is 103 Å². The summed E-state index contributed by atoms with van der Waals surface area (Å²) in [4.78, 5) is 0. The Bertz CT molecular complexity index is 2030. The van der Waals surface area contributed by atoms with Crippen LogP contribution in [0.2, 0.25) is 0 Å². The van der Waals surface area contributed by atoms with Crippen molar-refractivity contribution in [1.82, 2.24) is 0 Å². The number of hydrogen-bond donors (Lipinski definition) is 0. The lowest BCUT2D eigenvalue weighted by molar-refractivity contribution is 1.66. The summed E-state index contributed by atoms with van der Waals surface area (Å²) in [5.41, 5.74) is 5.18. The molecule has 0 radical (unpaired) electrons. The first kappa shape index (κ1) is 20.2. The lowest BCUT2D eigenvalue weighted by Gasteiger charge is -2.17. The van der Waals surface area contributed by atoms with E-state index in [1.807, 2.05) is 22.7 Å². The molecule has 0 atom stereocenters. The van der Waals surface area contributed by atoms with Gasteiger partial charge in [-0.25, -0.2) is 0 Å². The van der Waals surface area contributed by atoms with Gasteiger partial charge in [0.05, 0.1) is 4.01 Å². The molecule has 0 amide bonds. The van der Waals surface area contributed by atoms with Crippen LogP contribution in [0.1, 0.15) is 0 Å². The Balaban J connectivity index is 1.51. The fraction of sp³-hybridized carbons (Fsp3) is 0. The Hall–Kier alpha value is -3.98. The Morgan fingerprint density at radius 2 is 0.861 bits per heavy atom. The summed E-state index contributed by atoms with van der Waals surface area (Å²) in [5.74, 6) is 0.